The van der Waals surface area contributed by atoms with Crippen molar-refractivity contribution >= 4 is 40.0 Å². The number of pyridine rings is 2. The average molecular weight is 669 g/mol. The SMILES string of the molecule is CC(=O)N1CCC2(CC1)C(=O)N([C@H]1C[C@@H](N3CCCCC3)C1)c1cc(-c3cc4ncn(C(C)C)c4c(Nc4ccc(F)nc4F)n3)ccc12. The first-order chi connectivity index (χ1) is 23.6. The first kappa shape index (κ1) is 31.8. The summed E-state index contributed by atoms with van der Waals surface area (Å²) in [5.74, 6) is -1.32. The minimum atomic E-state index is -0.966. The molecule has 1 aliphatic carbocycles. The minimum absolute atomic E-state index is 0.00155. The maximum atomic E-state index is 14.8. The van der Waals surface area contributed by atoms with Crippen LogP contribution in [0.1, 0.15) is 77.3 Å². The molecule has 0 unspecified atom stereocenters. The summed E-state index contributed by atoms with van der Waals surface area (Å²) in [6, 6.07) is 11.1. The lowest BCUT2D eigenvalue weighted by Crippen LogP contribution is -2.58. The fourth-order valence-electron chi connectivity index (χ4n) is 8.47. The zero-order valence-corrected chi connectivity index (χ0v) is 28.3. The van der Waals surface area contributed by atoms with E-state index in [4.69, 9.17) is 4.98 Å². The summed E-state index contributed by atoms with van der Waals surface area (Å²) in [7, 11) is 0. The zero-order valence-electron chi connectivity index (χ0n) is 28.3. The number of fused-ring (bicyclic) bond motifs is 3. The highest BCUT2D eigenvalue weighted by Crippen LogP contribution is 2.52. The van der Waals surface area contributed by atoms with Gasteiger partial charge >= 0.3 is 0 Å². The van der Waals surface area contributed by atoms with E-state index < -0.39 is 17.3 Å². The van der Waals surface area contributed by atoms with E-state index in [2.05, 4.69) is 37.2 Å². The molecule has 6 heterocycles. The Hall–Kier alpha value is -4.45. The summed E-state index contributed by atoms with van der Waals surface area (Å²) in [4.78, 5) is 46.4. The topological polar surface area (TPSA) is 99.5 Å². The number of piperidine rings is 2. The van der Waals surface area contributed by atoms with Gasteiger partial charge in [-0.05, 0) is 95.3 Å². The first-order valence-corrected chi connectivity index (χ1v) is 17.6. The maximum absolute atomic E-state index is 14.8. The third-order valence-electron chi connectivity index (χ3n) is 11.3. The van der Waals surface area contributed by atoms with E-state index in [0.29, 0.717) is 54.5 Å². The Labute approximate surface area is 284 Å². The Morgan fingerprint density at radius 3 is 2.41 bits per heavy atom. The molecule has 1 N–H and O–H groups in total. The molecular weight excluding hydrogens is 626 g/mol. The third kappa shape index (κ3) is 5.35. The van der Waals surface area contributed by atoms with Crippen molar-refractivity contribution in [3.05, 3.63) is 60.2 Å². The molecule has 1 spiro atoms. The van der Waals surface area contributed by atoms with Gasteiger partial charge in [-0.3, -0.25) is 9.59 Å². The smallest absolute Gasteiger partial charge is 0.239 e. The molecule has 49 heavy (non-hydrogen) atoms. The Kier molecular flexibility index (Phi) is 7.89. The molecule has 3 aromatic heterocycles. The van der Waals surface area contributed by atoms with Gasteiger partial charge in [-0.1, -0.05) is 18.6 Å². The second kappa shape index (κ2) is 12.2. The molecule has 8 rings (SSSR count). The number of rotatable bonds is 6. The van der Waals surface area contributed by atoms with Crippen LogP contribution in [0.2, 0.25) is 0 Å². The van der Waals surface area contributed by atoms with E-state index >= 15 is 0 Å². The van der Waals surface area contributed by atoms with Crippen molar-refractivity contribution < 1.29 is 18.4 Å². The highest BCUT2D eigenvalue weighted by Gasteiger charge is 2.55. The molecule has 0 bridgehead atoms. The van der Waals surface area contributed by atoms with Gasteiger partial charge in [0.1, 0.15) is 5.52 Å². The third-order valence-corrected chi connectivity index (χ3v) is 11.3. The molecule has 12 heteroatoms. The van der Waals surface area contributed by atoms with Crippen molar-refractivity contribution in [2.24, 2.45) is 0 Å². The Bertz CT molecular complexity index is 1940. The number of carbonyl (C=O) groups excluding carboxylic acids is 2. The summed E-state index contributed by atoms with van der Waals surface area (Å²) in [5.41, 5.74) is 4.06. The molecule has 4 aromatic rings. The molecular formula is C37H42F2N8O2. The van der Waals surface area contributed by atoms with E-state index in [0.717, 1.165) is 48.8 Å². The predicted molar refractivity (Wildman–Crippen MR) is 184 cm³/mol. The normalized spacial score (nSPS) is 22.2. The molecule has 2 saturated heterocycles. The number of halogens is 2. The van der Waals surface area contributed by atoms with Crippen LogP contribution >= 0.6 is 0 Å². The van der Waals surface area contributed by atoms with Crippen molar-refractivity contribution in [2.45, 2.75) is 89.3 Å². The highest BCUT2D eigenvalue weighted by atomic mass is 19.1. The van der Waals surface area contributed by atoms with Crippen molar-refractivity contribution in [1.82, 2.24) is 29.3 Å². The van der Waals surface area contributed by atoms with Gasteiger partial charge in [-0.15, -0.1) is 0 Å². The molecule has 2 amide bonds. The van der Waals surface area contributed by atoms with E-state index in [-0.39, 0.29) is 29.6 Å². The number of nitrogens with zero attached hydrogens (tertiary/aromatic N) is 7. The molecule has 256 valence electrons. The van der Waals surface area contributed by atoms with Gasteiger partial charge in [0, 0.05) is 49.4 Å². The highest BCUT2D eigenvalue weighted by molar-refractivity contribution is 6.09. The number of amides is 2. The molecule has 0 radical (unpaired) electrons. The molecule has 4 aliphatic rings. The summed E-state index contributed by atoms with van der Waals surface area (Å²) >= 11 is 0. The number of likely N-dealkylation sites (tertiary alicyclic amines) is 2. The van der Waals surface area contributed by atoms with Gasteiger partial charge < -0.3 is 24.6 Å². The fraction of sp³-hybridized carbons (Fsp3) is 0.486. The second-order valence-corrected chi connectivity index (χ2v) is 14.4. The van der Waals surface area contributed by atoms with Crippen LogP contribution in [0.25, 0.3) is 22.3 Å². The van der Waals surface area contributed by atoms with Crippen LogP contribution in [0.3, 0.4) is 0 Å². The number of benzene rings is 1. The van der Waals surface area contributed by atoms with Gasteiger partial charge in [0.15, 0.2) is 5.82 Å². The Morgan fingerprint density at radius 2 is 1.71 bits per heavy atom. The lowest BCUT2D eigenvalue weighted by Gasteiger charge is -2.48. The standard InChI is InChI=1S/C37H42F2N8O2/c1-22(2)46-21-40-30-20-29(42-35(33(30)46)41-28-9-10-32(38)43-34(28)39)24-7-8-27-31(17-24)47(26-18-25(19-26)45-13-5-4-6-14-45)36(49)37(27)11-15-44(16-12-37)23(3)48/h7-10,17,20-22,25-26H,4-6,11-16,18-19H2,1-3H3,(H,41,42)/t25-,26+. The van der Waals surface area contributed by atoms with E-state index in [1.54, 1.807) is 13.3 Å². The average Bonchev–Trinajstić information content (AvgIpc) is 3.60. The molecule has 3 fully saturated rings. The monoisotopic (exact) mass is 668 g/mol. The summed E-state index contributed by atoms with van der Waals surface area (Å²) in [5, 5.41) is 3.06. The van der Waals surface area contributed by atoms with E-state index in [1.165, 1.54) is 25.3 Å². The molecule has 10 nitrogen and oxygen atoms in total. The van der Waals surface area contributed by atoms with Crippen LogP contribution in [0.4, 0.5) is 26.0 Å². The van der Waals surface area contributed by atoms with Gasteiger partial charge in [-0.2, -0.15) is 13.8 Å². The zero-order chi connectivity index (χ0) is 34.0. The number of imidazole rings is 1. The van der Waals surface area contributed by atoms with Gasteiger partial charge in [0.2, 0.25) is 23.7 Å². The van der Waals surface area contributed by atoms with E-state index in [9.17, 15) is 18.4 Å². The van der Waals surface area contributed by atoms with Crippen molar-refractivity contribution in [1.29, 1.82) is 0 Å². The number of hydrogen-bond acceptors (Lipinski definition) is 7. The van der Waals surface area contributed by atoms with Gasteiger partial charge in [0.25, 0.3) is 0 Å². The Morgan fingerprint density at radius 1 is 0.959 bits per heavy atom. The second-order valence-electron chi connectivity index (χ2n) is 14.4. The van der Waals surface area contributed by atoms with Gasteiger partial charge in [0.05, 0.1) is 28.6 Å². The largest absolute Gasteiger partial charge is 0.343 e. The quantitative estimate of drug-likeness (QED) is 0.240. The molecule has 3 aliphatic heterocycles. The lowest BCUT2D eigenvalue weighted by molar-refractivity contribution is -0.134. The summed E-state index contributed by atoms with van der Waals surface area (Å²) in [6.45, 7) is 9.01. The van der Waals surface area contributed by atoms with Crippen LogP contribution in [0.5, 0.6) is 0 Å². The van der Waals surface area contributed by atoms with Crippen molar-refractivity contribution in [3.63, 3.8) is 0 Å². The Balaban J connectivity index is 1.19. The van der Waals surface area contributed by atoms with Crippen LogP contribution in [-0.2, 0) is 15.0 Å². The molecule has 1 saturated carbocycles. The number of anilines is 3. The molecule has 0 atom stereocenters. The minimum Gasteiger partial charge on any atom is -0.343 e. The van der Waals surface area contributed by atoms with Crippen LogP contribution in [0, 0.1) is 11.9 Å². The van der Waals surface area contributed by atoms with Crippen LogP contribution in [0.15, 0.2) is 42.7 Å². The van der Waals surface area contributed by atoms with Crippen LogP contribution < -0.4 is 10.2 Å². The molecule has 1 aromatic carbocycles. The number of carbonyl (C=O) groups is 2. The van der Waals surface area contributed by atoms with E-state index in [1.807, 2.05) is 35.4 Å². The number of aromatic nitrogens is 4. The van der Waals surface area contributed by atoms with Gasteiger partial charge in [-0.25, -0.2) is 9.97 Å². The first-order valence-electron chi connectivity index (χ1n) is 17.6. The van der Waals surface area contributed by atoms with Crippen molar-refractivity contribution in [3.8, 4) is 11.3 Å². The summed E-state index contributed by atoms with van der Waals surface area (Å²) < 4.78 is 30.4. The van der Waals surface area contributed by atoms with Crippen LogP contribution in [-0.4, -0.2) is 79.4 Å². The van der Waals surface area contributed by atoms with Crippen molar-refractivity contribution in [2.75, 3.05) is 36.4 Å². The lowest BCUT2D eigenvalue weighted by atomic mass is 9.73. The maximum Gasteiger partial charge on any atom is 0.239 e. The summed E-state index contributed by atoms with van der Waals surface area (Å²) in [6.07, 6.45) is 8.59. The number of hydrogen-bond donors (Lipinski definition) is 1. The number of nitrogens with one attached hydrogen (secondary N) is 1. The predicted octanol–water partition coefficient (Wildman–Crippen LogP) is 6.34. The fourth-order valence-corrected chi connectivity index (χ4v) is 8.47.